The van der Waals surface area contributed by atoms with Crippen molar-refractivity contribution in [2.45, 2.75) is 13.8 Å². The number of benzene rings is 1. The van der Waals surface area contributed by atoms with Gasteiger partial charge in [-0.2, -0.15) is 0 Å². The van der Waals surface area contributed by atoms with E-state index in [0.29, 0.717) is 0 Å². The first-order chi connectivity index (χ1) is 7.47. The zero-order valence-electron chi connectivity index (χ0n) is 9.56. The van der Waals surface area contributed by atoms with Gasteiger partial charge in [-0.3, -0.25) is 14.9 Å². The van der Waals surface area contributed by atoms with Gasteiger partial charge in [0.1, 0.15) is 0 Å². The molecule has 0 amide bonds. The first-order valence-corrected chi connectivity index (χ1v) is 4.98. The minimum atomic E-state index is -0.535. The molecule has 0 aromatic heterocycles. The first kappa shape index (κ1) is 12.2. The Balaban J connectivity index is 3.28. The molecule has 0 aliphatic rings. The Bertz CT molecular complexity index is 429. The number of hydrogen-bond acceptors (Lipinski definition) is 4. The third kappa shape index (κ3) is 2.36. The molecule has 0 aliphatic heterocycles. The van der Waals surface area contributed by atoms with Crippen LogP contribution < -0.4 is 4.90 Å². The van der Waals surface area contributed by atoms with E-state index in [-0.39, 0.29) is 17.0 Å². The van der Waals surface area contributed by atoms with Gasteiger partial charge in [0.25, 0.3) is 5.69 Å². The molecule has 86 valence electrons. The molecule has 16 heavy (non-hydrogen) atoms. The van der Waals surface area contributed by atoms with Gasteiger partial charge in [-0.05, 0) is 26.0 Å². The molecule has 1 rings (SSSR count). The van der Waals surface area contributed by atoms with Crippen molar-refractivity contribution in [2.24, 2.45) is 0 Å². The number of Topliss-reactive ketones (excluding diaryl/α,β-unsaturated/α-hetero) is 1. The molecule has 0 heterocycles. The van der Waals surface area contributed by atoms with Gasteiger partial charge in [-0.15, -0.1) is 0 Å². The third-order valence-electron chi connectivity index (χ3n) is 2.47. The number of nitro groups is 1. The summed E-state index contributed by atoms with van der Waals surface area (Å²) in [6.07, 6.45) is 0. The lowest BCUT2D eigenvalue weighted by molar-refractivity contribution is -0.385. The summed E-state index contributed by atoms with van der Waals surface area (Å²) in [4.78, 5) is 23.4. The number of hydrogen-bond donors (Lipinski definition) is 0. The average molecular weight is 222 g/mol. The van der Waals surface area contributed by atoms with Crippen LogP contribution in [0.2, 0.25) is 0 Å². The second kappa shape index (κ2) is 4.74. The standard InChI is InChI=1S/C11H14N2O3/c1-4-12(3)9-5-6-11(13(15)16)10(7-9)8(2)14/h5-7H,4H2,1-3H3. The third-order valence-corrected chi connectivity index (χ3v) is 2.47. The van der Waals surface area contributed by atoms with Crippen LogP contribution in [-0.4, -0.2) is 24.3 Å². The summed E-state index contributed by atoms with van der Waals surface area (Å²) < 4.78 is 0. The number of anilines is 1. The topological polar surface area (TPSA) is 63.4 Å². The summed E-state index contributed by atoms with van der Waals surface area (Å²) in [5.41, 5.74) is 0.821. The maximum Gasteiger partial charge on any atom is 0.280 e. The SMILES string of the molecule is CCN(C)c1ccc([N+](=O)[O-])c(C(C)=O)c1. The second-order valence-corrected chi connectivity index (χ2v) is 3.53. The molecular weight excluding hydrogens is 208 g/mol. The Morgan fingerprint density at radius 2 is 2.12 bits per heavy atom. The van der Waals surface area contributed by atoms with Crippen LogP contribution in [0.4, 0.5) is 11.4 Å². The monoisotopic (exact) mass is 222 g/mol. The molecule has 0 N–H and O–H groups in total. The highest BCUT2D eigenvalue weighted by atomic mass is 16.6. The minimum absolute atomic E-state index is 0.138. The zero-order chi connectivity index (χ0) is 12.3. The van der Waals surface area contributed by atoms with Crippen LogP contribution >= 0.6 is 0 Å². The number of carbonyl (C=O) groups is 1. The fourth-order valence-corrected chi connectivity index (χ4v) is 1.39. The van der Waals surface area contributed by atoms with E-state index < -0.39 is 4.92 Å². The van der Waals surface area contributed by atoms with Gasteiger partial charge in [0.05, 0.1) is 10.5 Å². The van der Waals surface area contributed by atoms with Crippen molar-refractivity contribution in [2.75, 3.05) is 18.5 Å². The van der Waals surface area contributed by atoms with Crippen LogP contribution in [0.5, 0.6) is 0 Å². The summed E-state index contributed by atoms with van der Waals surface area (Å²) >= 11 is 0. The minimum Gasteiger partial charge on any atom is -0.375 e. The van der Waals surface area contributed by atoms with Crippen LogP contribution in [0.25, 0.3) is 0 Å². The quantitative estimate of drug-likeness (QED) is 0.445. The molecule has 0 radical (unpaired) electrons. The predicted molar refractivity (Wildman–Crippen MR) is 62.0 cm³/mol. The second-order valence-electron chi connectivity index (χ2n) is 3.53. The van der Waals surface area contributed by atoms with Crippen LogP contribution in [0.3, 0.4) is 0 Å². The normalized spacial score (nSPS) is 9.94. The van der Waals surface area contributed by atoms with Gasteiger partial charge in [0, 0.05) is 25.3 Å². The maximum atomic E-state index is 11.3. The van der Waals surface area contributed by atoms with Gasteiger partial charge in [-0.1, -0.05) is 0 Å². The van der Waals surface area contributed by atoms with Crippen molar-refractivity contribution < 1.29 is 9.72 Å². The summed E-state index contributed by atoms with van der Waals surface area (Å²) in [5, 5.41) is 10.7. The highest BCUT2D eigenvalue weighted by Gasteiger charge is 2.18. The molecule has 0 aliphatic carbocycles. The smallest absolute Gasteiger partial charge is 0.280 e. The van der Waals surface area contributed by atoms with E-state index in [1.807, 2.05) is 18.9 Å². The van der Waals surface area contributed by atoms with Crippen molar-refractivity contribution in [1.82, 2.24) is 0 Å². The van der Waals surface area contributed by atoms with Crippen molar-refractivity contribution >= 4 is 17.2 Å². The Labute approximate surface area is 93.8 Å². The molecule has 1 aromatic carbocycles. The predicted octanol–water partition coefficient (Wildman–Crippen LogP) is 2.25. The lowest BCUT2D eigenvalue weighted by Gasteiger charge is -2.17. The summed E-state index contributed by atoms with van der Waals surface area (Å²) in [7, 11) is 1.87. The van der Waals surface area contributed by atoms with Gasteiger partial charge >= 0.3 is 0 Å². The first-order valence-electron chi connectivity index (χ1n) is 4.98. The van der Waals surface area contributed by atoms with Crippen LogP contribution in [0, 0.1) is 10.1 Å². The van der Waals surface area contributed by atoms with E-state index >= 15 is 0 Å². The molecule has 5 heteroatoms. The number of rotatable bonds is 4. The summed E-state index contributed by atoms with van der Waals surface area (Å²) in [5.74, 6) is -0.293. The molecule has 0 atom stereocenters. The summed E-state index contributed by atoms with van der Waals surface area (Å²) in [6, 6.07) is 4.58. The Morgan fingerprint density at radius 3 is 2.56 bits per heavy atom. The van der Waals surface area contributed by atoms with E-state index in [9.17, 15) is 14.9 Å². The molecule has 0 saturated carbocycles. The van der Waals surface area contributed by atoms with Crippen LogP contribution in [0.1, 0.15) is 24.2 Å². The van der Waals surface area contributed by atoms with E-state index in [1.165, 1.54) is 13.0 Å². The van der Waals surface area contributed by atoms with E-state index in [0.717, 1.165) is 12.2 Å². The fourth-order valence-electron chi connectivity index (χ4n) is 1.39. The van der Waals surface area contributed by atoms with Crippen LogP contribution in [-0.2, 0) is 0 Å². The highest BCUT2D eigenvalue weighted by molar-refractivity contribution is 5.99. The van der Waals surface area contributed by atoms with Crippen LogP contribution in [0.15, 0.2) is 18.2 Å². The van der Waals surface area contributed by atoms with Crippen molar-refractivity contribution in [3.05, 3.63) is 33.9 Å². The van der Waals surface area contributed by atoms with Gasteiger partial charge in [0.15, 0.2) is 5.78 Å². The van der Waals surface area contributed by atoms with E-state index in [4.69, 9.17) is 0 Å². The Kier molecular flexibility index (Phi) is 3.60. The largest absolute Gasteiger partial charge is 0.375 e. The van der Waals surface area contributed by atoms with Gasteiger partial charge in [0.2, 0.25) is 0 Å². The molecule has 1 aromatic rings. The highest BCUT2D eigenvalue weighted by Crippen LogP contribution is 2.24. The van der Waals surface area contributed by atoms with Gasteiger partial charge < -0.3 is 4.90 Å². The lowest BCUT2D eigenvalue weighted by Crippen LogP contribution is -2.16. The molecule has 5 nitrogen and oxygen atoms in total. The lowest BCUT2D eigenvalue weighted by atomic mass is 10.1. The van der Waals surface area contributed by atoms with E-state index in [1.54, 1.807) is 12.1 Å². The summed E-state index contributed by atoms with van der Waals surface area (Å²) in [6.45, 7) is 4.07. The number of ketones is 1. The number of nitrogens with zero attached hydrogens (tertiary/aromatic N) is 2. The maximum absolute atomic E-state index is 11.3. The molecule has 0 spiro atoms. The van der Waals surface area contributed by atoms with Crippen molar-refractivity contribution in [1.29, 1.82) is 0 Å². The molecule has 0 unspecified atom stereocenters. The van der Waals surface area contributed by atoms with Gasteiger partial charge in [-0.25, -0.2) is 0 Å². The van der Waals surface area contributed by atoms with Crippen molar-refractivity contribution in [3.63, 3.8) is 0 Å². The molecule has 0 fully saturated rings. The molecule has 0 bridgehead atoms. The average Bonchev–Trinajstić information content (AvgIpc) is 2.26. The Morgan fingerprint density at radius 1 is 1.50 bits per heavy atom. The fraction of sp³-hybridized carbons (Fsp3) is 0.364. The van der Waals surface area contributed by atoms with Crippen molar-refractivity contribution in [3.8, 4) is 0 Å². The Hall–Kier alpha value is -1.91. The number of carbonyl (C=O) groups excluding carboxylic acids is 1. The molecular formula is C11H14N2O3. The molecule has 0 saturated heterocycles. The zero-order valence-corrected chi connectivity index (χ0v) is 9.56. The van der Waals surface area contributed by atoms with E-state index in [2.05, 4.69) is 0 Å². The number of nitro benzene ring substituents is 1.